The highest BCUT2D eigenvalue weighted by molar-refractivity contribution is 7.03. The van der Waals surface area contributed by atoms with Gasteiger partial charge in [-0.15, -0.1) is 5.10 Å². The van der Waals surface area contributed by atoms with Crippen LogP contribution in [0.5, 0.6) is 5.75 Å². The van der Waals surface area contributed by atoms with Crippen LogP contribution >= 0.6 is 23.1 Å². The summed E-state index contributed by atoms with van der Waals surface area (Å²) in [6.07, 6.45) is 3.10. The number of carbonyl (C=O) groups is 1. The fraction of sp³-hybridized carbons (Fsp3) is 0.0714. The molecule has 20 heavy (non-hydrogen) atoms. The van der Waals surface area contributed by atoms with Gasteiger partial charge < -0.3 is 4.74 Å². The van der Waals surface area contributed by atoms with E-state index >= 15 is 0 Å². The second kappa shape index (κ2) is 6.98. The van der Waals surface area contributed by atoms with Crippen molar-refractivity contribution in [1.82, 2.24) is 9.59 Å². The van der Waals surface area contributed by atoms with Crippen LogP contribution in [0.25, 0.3) is 6.08 Å². The third kappa shape index (κ3) is 4.29. The molecule has 0 radical (unpaired) electrons. The van der Waals surface area contributed by atoms with Crippen molar-refractivity contribution >= 4 is 35.0 Å². The van der Waals surface area contributed by atoms with Gasteiger partial charge in [-0.1, -0.05) is 22.7 Å². The largest absolute Gasteiger partial charge is 0.488 e. The van der Waals surface area contributed by atoms with Gasteiger partial charge in [0.2, 0.25) is 0 Å². The zero-order valence-corrected chi connectivity index (χ0v) is 12.0. The van der Waals surface area contributed by atoms with Gasteiger partial charge in [0.15, 0.2) is 5.78 Å². The number of halogens is 1. The molecule has 0 aliphatic rings. The van der Waals surface area contributed by atoms with Crippen LogP contribution in [0.1, 0.15) is 16.1 Å². The predicted octanol–water partition coefficient (Wildman–Crippen LogP) is 3.57. The number of allylic oxidation sites excluding steroid dienone is 1. The van der Waals surface area contributed by atoms with Gasteiger partial charge in [-0.25, -0.2) is 0 Å². The van der Waals surface area contributed by atoms with E-state index in [2.05, 4.69) is 16.2 Å². The number of hydrogen-bond acceptors (Lipinski definition) is 5. The lowest BCUT2D eigenvalue weighted by Crippen LogP contribution is -1.98. The van der Waals surface area contributed by atoms with Crippen LogP contribution in [0.3, 0.4) is 0 Å². The summed E-state index contributed by atoms with van der Waals surface area (Å²) in [5, 5.41) is 6.01. The quantitative estimate of drug-likeness (QED) is 0.605. The molecule has 0 bridgehead atoms. The Morgan fingerprint density at radius 2 is 2.15 bits per heavy atom. The SMILES string of the molecule is C=C(Cl)COc1ccc(C(=O)/C=C/c2csnn2)cc1. The molecule has 0 amide bonds. The molecule has 4 nitrogen and oxygen atoms in total. The molecule has 1 aromatic heterocycles. The number of rotatable bonds is 6. The summed E-state index contributed by atoms with van der Waals surface area (Å²) in [5.74, 6) is 0.530. The van der Waals surface area contributed by atoms with Crippen molar-refractivity contribution in [2.24, 2.45) is 0 Å². The fourth-order valence-corrected chi connectivity index (χ4v) is 1.86. The zero-order valence-electron chi connectivity index (χ0n) is 10.5. The molecule has 0 saturated carbocycles. The standard InChI is InChI=1S/C14H11ClN2O2S/c1-10(15)8-19-13-5-2-11(3-6-13)14(18)7-4-12-9-20-17-16-12/h2-7,9H,1,8H2/b7-4+. The Morgan fingerprint density at radius 3 is 2.75 bits per heavy atom. The van der Waals surface area contributed by atoms with E-state index in [0.29, 0.717) is 22.0 Å². The van der Waals surface area contributed by atoms with Crippen LogP contribution in [0.2, 0.25) is 0 Å². The molecule has 0 aliphatic carbocycles. The Hall–Kier alpha value is -1.98. The first kappa shape index (κ1) is 14.4. The maximum atomic E-state index is 11.9. The second-order valence-electron chi connectivity index (χ2n) is 3.86. The molecule has 1 aromatic carbocycles. The van der Waals surface area contributed by atoms with Crippen molar-refractivity contribution in [2.75, 3.05) is 6.61 Å². The molecule has 0 unspecified atom stereocenters. The number of hydrogen-bond donors (Lipinski definition) is 0. The minimum absolute atomic E-state index is 0.105. The summed E-state index contributed by atoms with van der Waals surface area (Å²) < 4.78 is 9.06. The van der Waals surface area contributed by atoms with Crippen molar-refractivity contribution in [3.8, 4) is 5.75 Å². The third-order valence-corrected chi connectivity index (χ3v) is 2.95. The van der Waals surface area contributed by atoms with Crippen molar-refractivity contribution in [3.05, 3.63) is 58.6 Å². The molecule has 0 spiro atoms. The van der Waals surface area contributed by atoms with Gasteiger partial charge in [0.05, 0.1) is 5.69 Å². The topological polar surface area (TPSA) is 52.1 Å². The number of carbonyl (C=O) groups excluding carboxylic acids is 1. The Morgan fingerprint density at radius 1 is 1.40 bits per heavy atom. The molecule has 0 saturated heterocycles. The summed E-state index contributed by atoms with van der Waals surface area (Å²) in [6, 6.07) is 6.81. The van der Waals surface area contributed by atoms with E-state index in [-0.39, 0.29) is 12.4 Å². The molecule has 2 rings (SSSR count). The van der Waals surface area contributed by atoms with Crippen molar-refractivity contribution in [1.29, 1.82) is 0 Å². The van der Waals surface area contributed by atoms with E-state index in [1.54, 1.807) is 35.7 Å². The first-order valence-corrected chi connectivity index (χ1v) is 6.92. The number of ketones is 1. The minimum Gasteiger partial charge on any atom is -0.488 e. The second-order valence-corrected chi connectivity index (χ2v) is 5.00. The minimum atomic E-state index is -0.105. The Bertz CT molecular complexity index is 621. The molecular weight excluding hydrogens is 296 g/mol. The summed E-state index contributed by atoms with van der Waals surface area (Å²) in [5.41, 5.74) is 1.24. The maximum Gasteiger partial charge on any atom is 0.185 e. The Labute approximate surface area is 125 Å². The number of ether oxygens (including phenoxy) is 1. The molecular formula is C14H11ClN2O2S. The highest BCUT2D eigenvalue weighted by Crippen LogP contribution is 2.14. The van der Waals surface area contributed by atoms with E-state index < -0.39 is 0 Å². The smallest absolute Gasteiger partial charge is 0.185 e. The van der Waals surface area contributed by atoms with Crippen molar-refractivity contribution in [2.45, 2.75) is 0 Å². The predicted molar refractivity (Wildman–Crippen MR) is 80.2 cm³/mol. The Kier molecular flexibility index (Phi) is 5.03. The molecule has 6 heteroatoms. The lowest BCUT2D eigenvalue weighted by molar-refractivity contribution is 0.104. The summed E-state index contributed by atoms with van der Waals surface area (Å²) in [6.45, 7) is 3.77. The van der Waals surface area contributed by atoms with Crippen LogP contribution < -0.4 is 4.74 Å². The van der Waals surface area contributed by atoms with Crippen LogP contribution in [-0.2, 0) is 0 Å². The van der Waals surface area contributed by atoms with E-state index in [1.165, 1.54) is 17.6 Å². The fourth-order valence-electron chi connectivity index (χ4n) is 1.38. The zero-order chi connectivity index (χ0) is 14.4. The van der Waals surface area contributed by atoms with E-state index in [1.807, 2.05) is 0 Å². The van der Waals surface area contributed by atoms with E-state index in [4.69, 9.17) is 16.3 Å². The number of nitrogens with zero attached hydrogens (tertiary/aromatic N) is 2. The third-order valence-electron chi connectivity index (χ3n) is 2.32. The Balaban J connectivity index is 1.98. The normalized spacial score (nSPS) is 10.7. The van der Waals surface area contributed by atoms with Gasteiger partial charge in [-0.2, -0.15) is 0 Å². The van der Waals surface area contributed by atoms with Crippen LogP contribution in [0.4, 0.5) is 0 Å². The summed E-state index contributed by atoms with van der Waals surface area (Å²) >= 11 is 6.85. The number of aromatic nitrogens is 2. The van der Waals surface area contributed by atoms with Gasteiger partial charge in [0.1, 0.15) is 12.4 Å². The first-order valence-electron chi connectivity index (χ1n) is 5.71. The lowest BCUT2D eigenvalue weighted by Gasteiger charge is -2.04. The lowest BCUT2D eigenvalue weighted by atomic mass is 10.1. The maximum absolute atomic E-state index is 11.9. The first-order chi connectivity index (χ1) is 9.65. The summed E-state index contributed by atoms with van der Waals surface area (Å²) in [4.78, 5) is 11.9. The molecule has 0 atom stereocenters. The molecule has 0 fully saturated rings. The van der Waals surface area contributed by atoms with Gasteiger partial charge >= 0.3 is 0 Å². The monoisotopic (exact) mass is 306 g/mol. The van der Waals surface area contributed by atoms with E-state index in [0.717, 1.165) is 0 Å². The molecule has 1 heterocycles. The van der Waals surface area contributed by atoms with Gasteiger partial charge in [0, 0.05) is 16.0 Å². The molecule has 0 aliphatic heterocycles. The van der Waals surface area contributed by atoms with Crippen molar-refractivity contribution < 1.29 is 9.53 Å². The molecule has 102 valence electrons. The van der Waals surface area contributed by atoms with Gasteiger partial charge in [-0.3, -0.25) is 4.79 Å². The average molecular weight is 307 g/mol. The van der Waals surface area contributed by atoms with Gasteiger partial charge in [0.25, 0.3) is 0 Å². The average Bonchev–Trinajstić information content (AvgIpc) is 2.96. The van der Waals surface area contributed by atoms with Crippen LogP contribution in [0, 0.1) is 0 Å². The number of benzene rings is 1. The van der Waals surface area contributed by atoms with Crippen LogP contribution in [-0.4, -0.2) is 22.0 Å². The highest BCUT2D eigenvalue weighted by Gasteiger charge is 2.03. The molecule has 0 N–H and O–H groups in total. The van der Waals surface area contributed by atoms with Gasteiger partial charge in [-0.05, 0) is 47.9 Å². The molecule has 2 aromatic rings. The van der Waals surface area contributed by atoms with Crippen molar-refractivity contribution in [3.63, 3.8) is 0 Å². The van der Waals surface area contributed by atoms with Crippen LogP contribution in [0.15, 0.2) is 47.3 Å². The van der Waals surface area contributed by atoms with E-state index in [9.17, 15) is 4.79 Å². The highest BCUT2D eigenvalue weighted by atomic mass is 35.5. The summed E-state index contributed by atoms with van der Waals surface area (Å²) in [7, 11) is 0.